The van der Waals surface area contributed by atoms with Gasteiger partial charge in [-0.3, -0.25) is 4.98 Å². The first-order valence-corrected chi connectivity index (χ1v) is 4.57. The van der Waals surface area contributed by atoms with Gasteiger partial charge in [0.2, 0.25) is 0 Å². The number of rotatable bonds is 2. The quantitative estimate of drug-likeness (QED) is 0.760. The molecule has 76 valence electrons. The third-order valence-electron chi connectivity index (χ3n) is 2.19. The molecule has 0 atom stereocenters. The summed E-state index contributed by atoms with van der Waals surface area (Å²) in [6, 6.07) is 3.75. The minimum atomic E-state index is -0.882. The predicted molar refractivity (Wildman–Crippen MR) is 55.7 cm³/mol. The van der Waals surface area contributed by atoms with Gasteiger partial charge >= 0.3 is 5.97 Å². The van der Waals surface area contributed by atoms with Crippen LogP contribution in [0.15, 0.2) is 42.4 Å². The van der Waals surface area contributed by atoms with E-state index in [1.807, 2.05) is 18.2 Å². The van der Waals surface area contributed by atoms with Crippen LogP contribution in [0.4, 0.5) is 0 Å². The van der Waals surface area contributed by atoms with Gasteiger partial charge in [0.1, 0.15) is 0 Å². The van der Waals surface area contributed by atoms with Gasteiger partial charge in [-0.2, -0.15) is 0 Å². The van der Waals surface area contributed by atoms with Crippen molar-refractivity contribution < 1.29 is 9.90 Å². The number of dihydropyridines is 1. The number of carboxylic acid groups (broad SMARTS) is 1. The number of nitrogens with zero attached hydrogens (tertiary/aromatic N) is 1. The minimum Gasteiger partial charge on any atom is -0.478 e. The number of aliphatic carboxylic acids is 1. The van der Waals surface area contributed by atoms with Gasteiger partial charge in [0, 0.05) is 36.3 Å². The largest absolute Gasteiger partial charge is 0.478 e. The third-order valence-corrected chi connectivity index (χ3v) is 2.19. The fraction of sp³-hybridized carbons (Fsp3) is 0.0909. The molecule has 0 saturated carbocycles. The van der Waals surface area contributed by atoms with Gasteiger partial charge in [-0.25, -0.2) is 4.79 Å². The van der Waals surface area contributed by atoms with Crippen molar-refractivity contribution >= 4 is 11.7 Å². The van der Waals surface area contributed by atoms with Crippen molar-refractivity contribution in [2.24, 2.45) is 0 Å². The molecule has 1 aliphatic rings. The van der Waals surface area contributed by atoms with Crippen molar-refractivity contribution in [3.8, 4) is 0 Å². The molecular weight excluding hydrogens is 192 g/mol. The fourth-order valence-electron chi connectivity index (χ4n) is 1.38. The van der Waals surface area contributed by atoms with E-state index in [0.717, 1.165) is 11.3 Å². The van der Waals surface area contributed by atoms with Crippen molar-refractivity contribution in [2.75, 3.05) is 0 Å². The van der Waals surface area contributed by atoms with E-state index in [9.17, 15) is 4.79 Å². The first-order valence-electron chi connectivity index (χ1n) is 4.57. The van der Waals surface area contributed by atoms with E-state index in [-0.39, 0.29) is 0 Å². The van der Waals surface area contributed by atoms with Gasteiger partial charge < -0.3 is 10.4 Å². The zero-order valence-electron chi connectivity index (χ0n) is 7.97. The molecule has 15 heavy (non-hydrogen) atoms. The second kappa shape index (κ2) is 3.96. The number of hydrogen-bond donors (Lipinski definition) is 2. The standard InChI is InChI=1S/C11H10N2O2/c14-11(15)9-1-2-10(13-7-9)8-3-5-12-6-4-8/h2-7,13H,1H2,(H,14,15). The van der Waals surface area contributed by atoms with Crippen LogP contribution >= 0.6 is 0 Å². The lowest BCUT2D eigenvalue weighted by Gasteiger charge is -2.13. The Hall–Kier alpha value is -2.10. The Morgan fingerprint density at radius 1 is 1.40 bits per heavy atom. The summed E-state index contributed by atoms with van der Waals surface area (Å²) in [6.07, 6.45) is 7.24. The second-order valence-electron chi connectivity index (χ2n) is 3.18. The molecule has 0 amide bonds. The Morgan fingerprint density at radius 3 is 2.67 bits per heavy atom. The molecule has 2 rings (SSSR count). The highest BCUT2D eigenvalue weighted by Gasteiger charge is 2.11. The Labute approximate surface area is 87.0 Å². The maximum absolute atomic E-state index is 10.6. The Balaban J connectivity index is 2.15. The summed E-state index contributed by atoms with van der Waals surface area (Å²) in [5.41, 5.74) is 2.29. The average molecular weight is 202 g/mol. The maximum Gasteiger partial charge on any atom is 0.333 e. The molecule has 0 radical (unpaired) electrons. The van der Waals surface area contributed by atoms with E-state index in [0.29, 0.717) is 12.0 Å². The van der Waals surface area contributed by atoms with Gasteiger partial charge in [-0.1, -0.05) is 6.08 Å². The van der Waals surface area contributed by atoms with Crippen LogP contribution in [0, 0.1) is 0 Å². The number of nitrogens with one attached hydrogen (secondary N) is 1. The Bertz CT molecular complexity index is 435. The smallest absolute Gasteiger partial charge is 0.333 e. The number of carboxylic acids is 1. The zero-order valence-corrected chi connectivity index (χ0v) is 7.97. The number of aromatic nitrogens is 1. The summed E-state index contributed by atoms with van der Waals surface area (Å²) in [5, 5.41) is 11.7. The lowest BCUT2D eigenvalue weighted by atomic mass is 10.1. The van der Waals surface area contributed by atoms with Crippen LogP contribution in [-0.2, 0) is 4.79 Å². The summed E-state index contributed by atoms with van der Waals surface area (Å²) >= 11 is 0. The number of carbonyl (C=O) groups is 1. The number of allylic oxidation sites excluding steroid dienone is 1. The average Bonchev–Trinajstić information content (AvgIpc) is 2.30. The molecule has 0 aromatic carbocycles. The summed E-state index contributed by atoms with van der Waals surface area (Å²) < 4.78 is 0. The molecule has 4 nitrogen and oxygen atoms in total. The maximum atomic E-state index is 10.6. The van der Waals surface area contributed by atoms with Crippen LogP contribution in [0.3, 0.4) is 0 Å². The van der Waals surface area contributed by atoms with Crippen molar-refractivity contribution in [1.29, 1.82) is 0 Å². The fourth-order valence-corrected chi connectivity index (χ4v) is 1.38. The van der Waals surface area contributed by atoms with Crippen molar-refractivity contribution in [3.63, 3.8) is 0 Å². The lowest BCUT2D eigenvalue weighted by Crippen LogP contribution is -2.13. The van der Waals surface area contributed by atoms with E-state index < -0.39 is 5.97 Å². The van der Waals surface area contributed by atoms with Crippen LogP contribution in [0.1, 0.15) is 12.0 Å². The number of pyridine rings is 1. The van der Waals surface area contributed by atoms with E-state index in [1.54, 1.807) is 12.4 Å². The topological polar surface area (TPSA) is 62.2 Å². The molecular formula is C11H10N2O2. The molecule has 4 heteroatoms. The Kier molecular flexibility index (Phi) is 2.49. The third kappa shape index (κ3) is 2.04. The molecule has 0 aliphatic carbocycles. The first-order chi connectivity index (χ1) is 7.27. The van der Waals surface area contributed by atoms with Gasteiger partial charge in [0.25, 0.3) is 0 Å². The summed E-state index contributed by atoms with van der Waals surface area (Å²) in [4.78, 5) is 14.6. The van der Waals surface area contributed by atoms with Crippen LogP contribution in [-0.4, -0.2) is 16.1 Å². The van der Waals surface area contributed by atoms with E-state index in [2.05, 4.69) is 10.3 Å². The minimum absolute atomic E-state index is 0.368. The van der Waals surface area contributed by atoms with E-state index >= 15 is 0 Å². The van der Waals surface area contributed by atoms with E-state index in [4.69, 9.17) is 5.11 Å². The molecule has 2 heterocycles. The Morgan fingerprint density at radius 2 is 2.13 bits per heavy atom. The highest BCUT2D eigenvalue weighted by Crippen LogP contribution is 2.17. The van der Waals surface area contributed by atoms with Gasteiger partial charge in [0.15, 0.2) is 0 Å². The highest BCUT2D eigenvalue weighted by molar-refractivity contribution is 5.88. The molecule has 1 aliphatic heterocycles. The molecule has 1 aromatic rings. The molecule has 2 N–H and O–H groups in total. The molecule has 1 aromatic heterocycles. The molecule has 0 bridgehead atoms. The van der Waals surface area contributed by atoms with Crippen molar-refractivity contribution in [2.45, 2.75) is 6.42 Å². The van der Waals surface area contributed by atoms with E-state index in [1.165, 1.54) is 6.20 Å². The van der Waals surface area contributed by atoms with Crippen LogP contribution < -0.4 is 5.32 Å². The summed E-state index contributed by atoms with van der Waals surface area (Å²) in [6.45, 7) is 0. The molecule has 0 fully saturated rings. The molecule has 0 saturated heterocycles. The first kappa shape index (κ1) is 9.45. The SMILES string of the molecule is O=C(O)C1=CNC(c2ccncc2)=CC1. The van der Waals surface area contributed by atoms with Gasteiger partial charge in [-0.05, 0) is 12.1 Å². The lowest BCUT2D eigenvalue weighted by molar-refractivity contribution is -0.132. The van der Waals surface area contributed by atoms with Crippen molar-refractivity contribution in [3.05, 3.63) is 47.9 Å². The second-order valence-corrected chi connectivity index (χ2v) is 3.18. The monoisotopic (exact) mass is 202 g/mol. The zero-order chi connectivity index (χ0) is 10.7. The summed E-state index contributed by atoms with van der Waals surface area (Å²) in [7, 11) is 0. The molecule has 0 unspecified atom stereocenters. The van der Waals surface area contributed by atoms with Gasteiger partial charge in [-0.15, -0.1) is 0 Å². The van der Waals surface area contributed by atoms with Crippen LogP contribution in [0.2, 0.25) is 0 Å². The van der Waals surface area contributed by atoms with Crippen molar-refractivity contribution in [1.82, 2.24) is 10.3 Å². The highest BCUT2D eigenvalue weighted by atomic mass is 16.4. The van der Waals surface area contributed by atoms with Gasteiger partial charge in [0.05, 0.1) is 5.57 Å². The van der Waals surface area contributed by atoms with Crippen LogP contribution in [0.5, 0.6) is 0 Å². The van der Waals surface area contributed by atoms with Crippen LogP contribution in [0.25, 0.3) is 5.70 Å². The normalized spacial score (nSPS) is 14.9. The summed E-state index contributed by atoms with van der Waals surface area (Å²) in [5.74, 6) is -0.882. The molecule has 0 spiro atoms. The number of hydrogen-bond acceptors (Lipinski definition) is 3. The predicted octanol–water partition coefficient (Wildman–Crippen LogP) is 1.38.